The van der Waals surface area contributed by atoms with Gasteiger partial charge in [0.1, 0.15) is 0 Å². The lowest BCUT2D eigenvalue weighted by Crippen LogP contribution is -2.28. The van der Waals surface area contributed by atoms with Crippen LogP contribution in [0.4, 0.5) is 0 Å². The van der Waals surface area contributed by atoms with E-state index in [0.717, 1.165) is 19.5 Å². The summed E-state index contributed by atoms with van der Waals surface area (Å²) in [4.78, 5) is 4.46. The molecular weight excluding hydrogens is 162 g/mol. The molecule has 0 saturated carbocycles. The van der Waals surface area contributed by atoms with Crippen molar-refractivity contribution in [1.29, 1.82) is 0 Å². The minimum Gasteiger partial charge on any atom is -0.334 e. The Kier molecular flexibility index (Phi) is 2.36. The highest BCUT2D eigenvalue weighted by atomic mass is 15.1. The molecule has 1 aromatic rings. The van der Waals surface area contributed by atoms with Gasteiger partial charge in [-0.15, -0.1) is 0 Å². The number of fused-ring (bicyclic) bond motifs is 1. The predicted molar refractivity (Wildman–Crippen MR) is 52.6 cm³/mol. The Labute approximate surface area is 79.2 Å². The third-order valence-electron chi connectivity index (χ3n) is 2.67. The average molecular weight is 179 g/mol. The standard InChI is InChI=1S/C10H17N3/c1-3-6-13-7-12-10-8(2)11-5-4-9(10)13/h7-8,11H,3-6H2,1-2H3. The highest BCUT2D eigenvalue weighted by molar-refractivity contribution is 5.20. The minimum absolute atomic E-state index is 0.432. The summed E-state index contributed by atoms with van der Waals surface area (Å²) in [6.45, 7) is 6.58. The van der Waals surface area contributed by atoms with Crippen LogP contribution in [0.5, 0.6) is 0 Å². The Bertz CT molecular complexity index is 290. The van der Waals surface area contributed by atoms with Crippen LogP contribution in [0.15, 0.2) is 6.33 Å². The summed E-state index contributed by atoms with van der Waals surface area (Å²) >= 11 is 0. The van der Waals surface area contributed by atoms with Gasteiger partial charge >= 0.3 is 0 Å². The molecule has 0 spiro atoms. The third kappa shape index (κ3) is 1.48. The molecule has 13 heavy (non-hydrogen) atoms. The van der Waals surface area contributed by atoms with E-state index in [2.05, 4.69) is 28.7 Å². The van der Waals surface area contributed by atoms with Crippen molar-refractivity contribution >= 4 is 0 Å². The Morgan fingerprint density at radius 2 is 2.54 bits per heavy atom. The molecule has 0 radical (unpaired) electrons. The quantitative estimate of drug-likeness (QED) is 0.745. The van der Waals surface area contributed by atoms with E-state index in [4.69, 9.17) is 0 Å². The van der Waals surface area contributed by atoms with Gasteiger partial charge in [0, 0.05) is 31.2 Å². The zero-order valence-electron chi connectivity index (χ0n) is 8.38. The molecule has 0 amide bonds. The van der Waals surface area contributed by atoms with Crippen molar-refractivity contribution in [3.8, 4) is 0 Å². The fourth-order valence-electron chi connectivity index (χ4n) is 1.99. The number of hydrogen-bond donors (Lipinski definition) is 1. The molecule has 1 aromatic heterocycles. The summed E-state index contributed by atoms with van der Waals surface area (Å²) in [6, 6.07) is 0.432. The van der Waals surface area contributed by atoms with Gasteiger partial charge in [0.25, 0.3) is 0 Å². The number of hydrogen-bond acceptors (Lipinski definition) is 2. The first-order chi connectivity index (χ1) is 6.33. The van der Waals surface area contributed by atoms with Gasteiger partial charge in [-0.3, -0.25) is 0 Å². The van der Waals surface area contributed by atoms with Crippen LogP contribution in [0.1, 0.15) is 37.7 Å². The minimum atomic E-state index is 0.432. The van der Waals surface area contributed by atoms with Crippen molar-refractivity contribution in [3.05, 3.63) is 17.7 Å². The summed E-state index contributed by atoms with van der Waals surface area (Å²) < 4.78 is 2.30. The van der Waals surface area contributed by atoms with Crippen molar-refractivity contribution in [2.24, 2.45) is 0 Å². The van der Waals surface area contributed by atoms with Crippen LogP contribution in [0.3, 0.4) is 0 Å². The summed E-state index contributed by atoms with van der Waals surface area (Å²) in [5, 5.41) is 3.42. The second kappa shape index (κ2) is 3.50. The summed E-state index contributed by atoms with van der Waals surface area (Å²) in [5.41, 5.74) is 2.69. The van der Waals surface area contributed by atoms with Gasteiger partial charge in [-0.2, -0.15) is 0 Å². The molecule has 1 aliphatic rings. The molecule has 0 aromatic carbocycles. The van der Waals surface area contributed by atoms with Gasteiger partial charge in [0.05, 0.1) is 12.0 Å². The van der Waals surface area contributed by atoms with Gasteiger partial charge in [0.15, 0.2) is 0 Å². The molecule has 3 nitrogen and oxygen atoms in total. The second-order valence-corrected chi connectivity index (χ2v) is 3.70. The number of nitrogens with zero attached hydrogens (tertiary/aromatic N) is 2. The van der Waals surface area contributed by atoms with E-state index in [9.17, 15) is 0 Å². The van der Waals surface area contributed by atoms with E-state index in [0.29, 0.717) is 6.04 Å². The van der Waals surface area contributed by atoms with Crippen LogP contribution >= 0.6 is 0 Å². The largest absolute Gasteiger partial charge is 0.334 e. The number of imidazole rings is 1. The molecule has 2 heterocycles. The monoisotopic (exact) mass is 179 g/mol. The first-order valence-electron chi connectivity index (χ1n) is 5.10. The zero-order chi connectivity index (χ0) is 9.26. The fraction of sp³-hybridized carbons (Fsp3) is 0.700. The Morgan fingerprint density at radius 3 is 3.31 bits per heavy atom. The van der Waals surface area contributed by atoms with E-state index in [1.807, 2.05) is 6.33 Å². The van der Waals surface area contributed by atoms with E-state index in [1.165, 1.54) is 17.8 Å². The lowest BCUT2D eigenvalue weighted by atomic mass is 10.1. The van der Waals surface area contributed by atoms with Crippen LogP contribution in [0.2, 0.25) is 0 Å². The number of aryl methyl sites for hydroxylation is 1. The SMILES string of the molecule is CCCn1cnc2c1CCNC2C. The molecule has 3 heteroatoms. The van der Waals surface area contributed by atoms with Crippen molar-refractivity contribution < 1.29 is 0 Å². The lowest BCUT2D eigenvalue weighted by molar-refractivity contribution is 0.510. The van der Waals surface area contributed by atoms with E-state index >= 15 is 0 Å². The molecule has 0 bridgehead atoms. The molecule has 1 aliphatic heterocycles. The van der Waals surface area contributed by atoms with Gasteiger partial charge in [0.2, 0.25) is 0 Å². The van der Waals surface area contributed by atoms with Crippen LogP contribution in [-0.4, -0.2) is 16.1 Å². The molecular formula is C10H17N3. The molecule has 1 atom stereocenters. The molecule has 0 fully saturated rings. The van der Waals surface area contributed by atoms with Gasteiger partial charge in [-0.05, 0) is 13.3 Å². The van der Waals surface area contributed by atoms with Crippen molar-refractivity contribution in [2.75, 3.05) is 6.54 Å². The first-order valence-corrected chi connectivity index (χ1v) is 5.10. The van der Waals surface area contributed by atoms with Gasteiger partial charge in [-0.1, -0.05) is 6.92 Å². The predicted octanol–water partition coefficient (Wildman–Crippen LogP) is 1.50. The molecule has 0 saturated heterocycles. The Hall–Kier alpha value is -0.830. The highest BCUT2D eigenvalue weighted by Crippen LogP contribution is 2.20. The van der Waals surface area contributed by atoms with Crippen molar-refractivity contribution in [2.45, 2.75) is 39.3 Å². The number of rotatable bonds is 2. The van der Waals surface area contributed by atoms with Crippen molar-refractivity contribution in [1.82, 2.24) is 14.9 Å². The zero-order valence-corrected chi connectivity index (χ0v) is 8.38. The van der Waals surface area contributed by atoms with Crippen molar-refractivity contribution in [3.63, 3.8) is 0 Å². The van der Waals surface area contributed by atoms with E-state index in [1.54, 1.807) is 0 Å². The first kappa shape index (κ1) is 8.75. The number of nitrogens with one attached hydrogen (secondary N) is 1. The normalized spacial score (nSPS) is 21.5. The Morgan fingerprint density at radius 1 is 1.69 bits per heavy atom. The van der Waals surface area contributed by atoms with Gasteiger partial charge < -0.3 is 9.88 Å². The smallest absolute Gasteiger partial charge is 0.0952 e. The maximum Gasteiger partial charge on any atom is 0.0952 e. The third-order valence-corrected chi connectivity index (χ3v) is 2.67. The van der Waals surface area contributed by atoms with Gasteiger partial charge in [-0.25, -0.2) is 4.98 Å². The molecule has 1 unspecified atom stereocenters. The van der Waals surface area contributed by atoms with Crippen LogP contribution in [0, 0.1) is 0 Å². The summed E-state index contributed by atoms with van der Waals surface area (Å²) in [5.74, 6) is 0. The molecule has 0 aliphatic carbocycles. The molecule has 72 valence electrons. The van der Waals surface area contributed by atoms with Crippen LogP contribution < -0.4 is 5.32 Å². The molecule has 2 rings (SSSR count). The average Bonchev–Trinajstić information content (AvgIpc) is 2.51. The highest BCUT2D eigenvalue weighted by Gasteiger charge is 2.19. The van der Waals surface area contributed by atoms with Crippen LogP contribution in [0.25, 0.3) is 0 Å². The molecule has 1 N–H and O–H groups in total. The fourth-order valence-corrected chi connectivity index (χ4v) is 1.99. The van der Waals surface area contributed by atoms with Crippen LogP contribution in [-0.2, 0) is 13.0 Å². The second-order valence-electron chi connectivity index (χ2n) is 3.70. The maximum atomic E-state index is 4.46. The summed E-state index contributed by atoms with van der Waals surface area (Å²) in [6.07, 6.45) is 4.29. The Balaban J connectivity index is 2.30. The summed E-state index contributed by atoms with van der Waals surface area (Å²) in [7, 11) is 0. The topological polar surface area (TPSA) is 29.9 Å². The van der Waals surface area contributed by atoms with E-state index < -0.39 is 0 Å². The van der Waals surface area contributed by atoms with E-state index in [-0.39, 0.29) is 0 Å². The number of aromatic nitrogens is 2. The lowest BCUT2D eigenvalue weighted by Gasteiger charge is -2.20. The maximum absolute atomic E-state index is 4.46.